The highest BCUT2D eigenvalue weighted by Gasteiger charge is 2.22. The van der Waals surface area contributed by atoms with Crippen LogP contribution in [0.3, 0.4) is 0 Å². The van der Waals surface area contributed by atoms with E-state index in [-0.39, 0.29) is 6.04 Å². The van der Waals surface area contributed by atoms with Crippen molar-refractivity contribution in [3.05, 3.63) is 46.4 Å². The molecule has 0 bridgehead atoms. The molecule has 1 unspecified atom stereocenters. The molecule has 1 atom stereocenters. The summed E-state index contributed by atoms with van der Waals surface area (Å²) in [5.74, 6) is 1.56. The van der Waals surface area contributed by atoms with Gasteiger partial charge in [-0.1, -0.05) is 29.8 Å². The topological polar surface area (TPSA) is 47.0 Å². The molecule has 104 valence electrons. The molecule has 20 heavy (non-hydrogen) atoms. The van der Waals surface area contributed by atoms with Crippen LogP contribution in [-0.2, 0) is 0 Å². The molecule has 0 amide bonds. The summed E-state index contributed by atoms with van der Waals surface area (Å²) < 4.78 is 5.66. The van der Waals surface area contributed by atoms with Crippen molar-refractivity contribution in [3.63, 3.8) is 0 Å². The smallest absolute Gasteiger partial charge is 0.171 e. The predicted molar refractivity (Wildman–Crippen MR) is 79.4 cm³/mol. The molecule has 1 N–H and O–H groups in total. The number of rotatable bonds is 2. The van der Waals surface area contributed by atoms with Gasteiger partial charge in [0.05, 0.1) is 24.0 Å². The van der Waals surface area contributed by atoms with Crippen LogP contribution in [0.2, 0.25) is 5.15 Å². The highest BCUT2D eigenvalue weighted by molar-refractivity contribution is 6.31. The molecular formula is C15H16ClN3O. The van der Waals surface area contributed by atoms with Crippen molar-refractivity contribution < 1.29 is 4.74 Å². The van der Waals surface area contributed by atoms with Crippen LogP contribution in [0.25, 0.3) is 0 Å². The van der Waals surface area contributed by atoms with E-state index in [4.69, 9.17) is 16.3 Å². The lowest BCUT2D eigenvalue weighted by Gasteiger charge is -2.27. The summed E-state index contributed by atoms with van der Waals surface area (Å²) in [4.78, 5) is 8.80. The fourth-order valence-electron chi connectivity index (χ4n) is 2.32. The van der Waals surface area contributed by atoms with Crippen molar-refractivity contribution in [3.8, 4) is 5.75 Å². The molecule has 0 fully saturated rings. The van der Waals surface area contributed by atoms with E-state index in [2.05, 4.69) is 21.4 Å². The molecule has 0 radical (unpaired) electrons. The monoisotopic (exact) mass is 289 g/mol. The van der Waals surface area contributed by atoms with E-state index in [1.807, 2.05) is 32.0 Å². The Kier molecular flexibility index (Phi) is 3.49. The molecule has 0 spiro atoms. The summed E-state index contributed by atoms with van der Waals surface area (Å²) in [6, 6.07) is 8.18. The first-order valence-corrected chi connectivity index (χ1v) is 7.02. The number of aromatic nitrogens is 2. The van der Waals surface area contributed by atoms with Crippen LogP contribution in [0.1, 0.15) is 29.4 Å². The Bertz CT molecular complexity index is 645. The minimum atomic E-state index is 0.147. The van der Waals surface area contributed by atoms with E-state index >= 15 is 0 Å². The Balaban J connectivity index is 1.91. The number of ether oxygens (including phenoxy) is 1. The number of halogens is 1. The fraction of sp³-hybridized carbons (Fsp3) is 0.333. The van der Waals surface area contributed by atoms with E-state index in [1.165, 1.54) is 0 Å². The van der Waals surface area contributed by atoms with E-state index in [1.54, 1.807) is 0 Å². The largest absolute Gasteiger partial charge is 0.493 e. The number of nitrogens with zero attached hydrogens (tertiary/aromatic N) is 2. The first-order valence-electron chi connectivity index (χ1n) is 6.64. The SMILES string of the molecule is Cc1nc(Cl)c(NC2CCOc3ccccc32)nc1C. The molecule has 1 aliphatic heterocycles. The van der Waals surface area contributed by atoms with Crippen LogP contribution in [0.5, 0.6) is 5.75 Å². The fourth-order valence-corrected chi connectivity index (χ4v) is 2.55. The number of hydrogen-bond donors (Lipinski definition) is 1. The quantitative estimate of drug-likeness (QED) is 0.916. The van der Waals surface area contributed by atoms with Gasteiger partial charge in [-0.25, -0.2) is 9.97 Å². The summed E-state index contributed by atoms with van der Waals surface area (Å²) in [7, 11) is 0. The third-order valence-electron chi connectivity index (χ3n) is 3.53. The highest BCUT2D eigenvalue weighted by atomic mass is 35.5. The number of hydrogen-bond acceptors (Lipinski definition) is 4. The molecule has 2 aromatic rings. The normalized spacial score (nSPS) is 17.2. The van der Waals surface area contributed by atoms with Crippen LogP contribution in [0.4, 0.5) is 5.82 Å². The third-order valence-corrected chi connectivity index (χ3v) is 3.80. The third kappa shape index (κ3) is 2.43. The Morgan fingerprint density at radius 3 is 2.80 bits per heavy atom. The van der Waals surface area contributed by atoms with Crippen LogP contribution >= 0.6 is 11.6 Å². The van der Waals surface area contributed by atoms with Crippen LogP contribution < -0.4 is 10.1 Å². The molecule has 0 saturated heterocycles. The summed E-state index contributed by atoms with van der Waals surface area (Å²) in [5.41, 5.74) is 2.88. The molecule has 1 aromatic carbocycles. The van der Waals surface area contributed by atoms with E-state index in [0.717, 1.165) is 29.1 Å². The minimum absolute atomic E-state index is 0.147. The number of nitrogens with one attached hydrogen (secondary N) is 1. The van der Waals surface area contributed by atoms with Gasteiger partial charge in [-0.3, -0.25) is 0 Å². The number of fused-ring (bicyclic) bond motifs is 1. The van der Waals surface area contributed by atoms with Gasteiger partial charge in [0.25, 0.3) is 0 Å². The van der Waals surface area contributed by atoms with Crippen LogP contribution in [0.15, 0.2) is 24.3 Å². The van der Waals surface area contributed by atoms with Crippen molar-refractivity contribution in [2.45, 2.75) is 26.3 Å². The van der Waals surface area contributed by atoms with Gasteiger partial charge in [0.2, 0.25) is 0 Å². The van der Waals surface area contributed by atoms with Gasteiger partial charge in [0.15, 0.2) is 11.0 Å². The van der Waals surface area contributed by atoms with Crippen molar-refractivity contribution in [1.29, 1.82) is 0 Å². The average Bonchev–Trinajstić information content (AvgIpc) is 2.45. The second-order valence-corrected chi connectivity index (χ2v) is 5.26. The Morgan fingerprint density at radius 2 is 1.95 bits per heavy atom. The number of benzene rings is 1. The molecule has 3 rings (SSSR count). The summed E-state index contributed by atoms with van der Waals surface area (Å²) in [6.07, 6.45) is 0.877. The lowest BCUT2D eigenvalue weighted by Crippen LogP contribution is -2.21. The van der Waals surface area contributed by atoms with Crippen molar-refractivity contribution in [2.24, 2.45) is 0 Å². The van der Waals surface area contributed by atoms with Gasteiger partial charge >= 0.3 is 0 Å². The minimum Gasteiger partial charge on any atom is -0.493 e. The summed E-state index contributed by atoms with van der Waals surface area (Å²) in [6.45, 7) is 4.52. The Labute approximate surface area is 123 Å². The molecule has 4 nitrogen and oxygen atoms in total. The van der Waals surface area contributed by atoms with Gasteiger partial charge in [-0.2, -0.15) is 0 Å². The maximum Gasteiger partial charge on any atom is 0.171 e. The van der Waals surface area contributed by atoms with E-state index < -0.39 is 0 Å². The number of aryl methyl sites for hydroxylation is 2. The van der Waals surface area contributed by atoms with Gasteiger partial charge in [-0.15, -0.1) is 0 Å². The van der Waals surface area contributed by atoms with Crippen molar-refractivity contribution >= 4 is 17.4 Å². The molecule has 1 aromatic heterocycles. The molecule has 0 saturated carbocycles. The zero-order valence-corrected chi connectivity index (χ0v) is 12.2. The zero-order chi connectivity index (χ0) is 14.1. The van der Waals surface area contributed by atoms with Crippen LogP contribution in [-0.4, -0.2) is 16.6 Å². The van der Waals surface area contributed by atoms with Gasteiger partial charge < -0.3 is 10.1 Å². The maximum atomic E-state index is 6.18. The number of anilines is 1. The highest BCUT2D eigenvalue weighted by Crippen LogP contribution is 2.34. The molecule has 5 heteroatoms. The first kappa shape index (κ1) is 13.2. The second kappa shape index (κ2) is 5.29. The maximum absolute atomic E-state index is 6.18. The first-order chi connectivity index (χ1) is 9.65. The molecule has 1 aliphatic rings. The lowest BCUT2D eigenvalue weighted by molar-refractivity contribution is 0.274. The number of para-hydroxylation sites is 1. The van der Waals surface area contributed by atoms with Gasteiger partial charge in [0, 0.05) is 12.0 Å². The Morgan fingerprint density at radius 1 is 1.20 bits per heavy atom. The second-order valence-electron chi connectivity index (χ2n) is 4.91. The Hall–Kier alpha value is -1.81. The van der Waals surface area contributed by atoms with E-state index in [0.29, 0.717) is 17.6 Å². The van der Waals surface area contributed by atoms with Crippen molar-refractivity contribution in [1.82, 2.24) is 9.97 Å². The standard InChI is InChI=1S/C15H16ClN3O/c1-9-10(2)18-15(14(16)17-9)19-12-7-8-20-13-6-4-3-5-11(12)13/h3-6,12H,7-8H2,1-2H3,(H,18,19). The zero-order valence-electron chi connectivity index (χ0n) is 11.5. The van der Waals surface area contributed by atoms with Crippen LogP contribution in [0, 0.1) is 13.8 Å². The molecule has 0 aliphatic carbocycles. The van der Waals surface area contributed by atoms with Crippen molar-refractivity contribution in [2.75, 3.05) is 11.9 Å². The lowest BCUT2D eigenvalue weighted by atomic mass is 10.0. The summed E-state index contributed by atoms with van der Waals surface area (Å²) >= 11 is 6.18. The van der Waals surface area contributed by atoms with Gasteiger partial charge in [-0.05, 0) is 19.9 Å². The van der Waals surface area contributed by atoms with E-state index in [9.17, 15) is 0 Å². The average molecular weight is 290 g/mol. The predicted octanol–water partition coefficient (Wildman–Crippen LogP) is 3.68. The van der Waals surface area contributed by atoms with Gasteiger partial charge in [0.1, 0.15) is 5.75 Å². The summed E-state index contributed by atoms with van der Waals surface area (Å²) in [5, 5.41) is 3.80. The molecule has 2 heterocycles. The molecular weight excluding hydrogens is 274 g/mol.